The van der Waals surface area contributed by atoms with Crippen molar-refractivity contribution in [3.8, 4) is 17.2 Å². The van der Waals surface area contributed by atoms with Gasteiger partial charge in [0.2, 0.25) is 0 Å². The molecule has 0 aromatic heterocycles. The zero-order chi connectivity index (χ0) is 16.7. The molecule has 0 aliphatic rings. The quantitative estimate of drug-likeness (QED) is 0.355. The van der Waals surface area contributed by atoms with Crippen LogP contribution in [0, 0.1) is 0 Å². The van der Waals surface area contributed by atoms with E-state index in [2.05, 4.69) is 9.99 Å². The number of benzene rings is 2. The van der Waals surface area contributed by atoms with Crippen LogP contribution in [-0.2, 0) is 4.84 Å². The average molecular weight is 315 g/mol. The van der Waals surface area contributed by atoms with Crippen molar-refractivity contribution in [2.24, 2.45) is 5.16 Å². The molecule has 0 radical (unpaired) electrons. The van der Waals surface area contributed by atoms with Crippen molar-refractivity contribution in [2.75, 3.05) is 21.3 Å². The monoisotopic (exact) mass is 315 g/mol. The first-order chi connectivity index (χ1) is 11.2. The number of esters is 1. The Hall–Kier alpha value is -3.02. The molecule has 0 saturated heterocycles. The van der Waals surface area contributed by atoms with Gasteiger partial charge in [-0.2, -0.15) is 0 Å². The second-order valence-corrected chi connectivity index (χ2v) is 4.42. The number of nitrogens with zero attached hydrogens (tertiary/aromatic N) is 1. The summed E-state index contributed by atoms with van der Waals surface area (Å²) in [4.78, 5) is 16.9. The fourth-order valence-electron chi connectivity index (χ4n) is 1.91. The van der Waals surface area contributed by atoms with Gasteiger partial charge >= 0.3 is 5.97 Å². The fraction of sp³-hybridized carbons (Fsp3) is 0.176. The standard InChI is InChI=1S/C17H17NO5/c1-20-15-9-13(11-18-22-3)14(10-16(15)21-2)23-17(19)12-7-5-4-6-8-12/h4-11H,1-3H3/b18-11+. The van der Waals surface area contributed by atoms with Crippen LogP contribution in [0.15, 0.2) is 47.6 Å². The SMILES string of the molecule is CO/N=C/c1cc(OC)c(OC)cc1OC(=O)c1ccccc1. The number of hydrogen-bond acceptors (Lipinski definition) is 6. The molecule has 2 aromatic carbocycles. The van der Waals surface area contributed by atoms with Crippen molar-refractivity contribution in [1.29, 1.82) is 0 Å². The Bertz CT molecular complexity index is 698. The molecule has 0 spiro atoms. The molecule has 0 atom stereocenters. The first kappa shape index (κ1) is 16.4. The summed E-state index contributed by atoms with van der Waals surface area (Å²) in [5, 5.41) is 3.70. The van der Waals surface area contributed by atoms with Crippen LogP contribution >= 0.6 is 0 Å². The summed E-state index contributed by atoms with van der Waals surface area (Å²) >= 11 is 0. The number of hydrogen-bond donors (Lipinski definition) is 0. The molecule has 0 fully saturated rings. The normalized spacial score (nSPS) is 10.4. The van der Waals surface area contributed by atoms with Gasteiger partial charge in [-0.05, 0) is 18.2 Å². The first-order valence-electron chi connectivity index (χ1n) is 6.79. The van der Waals surface area contributed by atoms with Crippen LogP contribution in [0.4, 0.5) is 0 Å². The van der Waals surface area contributed by atoms with Crippen molar-refractivity contribution in [1.82, 2.24) is 0 Å². The lowest BCUT2D eigenvalue weighted by Crippen LogP contribution is -2.10. The predicted molar refractivity (Wildman–Crippen MR) is 85.5 cm³/mol. The molecule has 120 valence electrons. The highest BCUT2D eigenvalue weighted by Gasteiger charge is 2.15. The molecule has 6 nitrogen and oxygen atoms in total. The Balaban J connectivity index is 2.38. The Morgan fingerprint density at radius 2 is 1.61 bits per heavy atom. The van der Waals surface area contributed by atoms with E-state index < -0.39 is 5.97 Å². The minimum atomic E-state index is -0.482. The van der Waals surface area contributed by atoms with Gasteiger partial charge in [-0.25, -0.2) is 4.79 Å². The maximum Gasteiger partial charge on any atom is 0.343 e. The van der Waals surface area contributed by atoms with Gasteiger partial charge in [0.1, 0.15) is 12.9 Å². The van der Waals surface area contributed by atoms with Crippen LogP contribution in [-0.4, -0.2) is 33.5 Å². The molecule has 23 heavy (non-hydrogen) atoms. The van der Waals surface area contributed by atoms with Crippen LogP contribution in [0.25, 0.3) is 0 Å². The van der Waals surface area contributed by atoms with Gasteiger partial charge in [0.15, 0.2) is 11.5 Å². The number of ether oxygens (including phenoxy) is 3. The molecule has 0 N–H and O–H groups in total. The molecule has 2 aromatic rings. The van der Waals surface area contributed by atoms with E-state index in [9.17, 15) is 4.79 Å². The van der Waals surface area contributed by atoms with Gasteiger partial charge in [0.05, 0.1) is 26.0 Å². The van der Waals surface area contributed by atoms with Gasteiger partial charge in [-0.3, -0.25) is 0 Å². The Kier molecular flexibility index (Phi) is 5.57. The van der Waals surface area contributed by atoms with Gasteiger partial charge in [-0.15, -0.1) is 0 Å². The van der Waals surface area contributed by atoms with E-state index in [1.165, 1.54) is 27.5 Å². The van der Waals surface area contributed by atoms with Gasteiger partial charge in [0, 0.05) is 11.6 Å². The second-order valence-electron chi connectivity index (χ2n) is 4.42. The summed E-state index contributed by atoms with van der Waals surface area (Å²) in [6.45, 7) is 0. The van der Waals surface area contributed by atoms with Crippen molar-refractivity contribution in [3.05, 3.63) is 53.6 Å². The van der Waals surface area contributed by atoms with Crippen molar-refractivity contribution in [2.45, 2.75) is 0 Å². The Morgan fingerprint density at radius 1 is 0.957 bits per heavy atom. The van der Waals surface area contributed by atoms with Gasteiger partial charge in [0.25, 0.3) is 0 Å². The van der Waals surface area contributed by atoms with Crippen molar-refractivity contribution >= 4 is 12.2 Å². The lowest BCUT2D eigenvalue weighted by molar-refractivity contribution is 0.0734. The van der Waals surface area contributed by atoms with E-state index in [0.717, 1.165) is 0 Å². The molecular formula is C17H17NO5. The zero-order valence-corrected chi connectivity index (χ0v) is 13.1. The lowest BCUT2D eigenvalue weighted by Gasteiger charge is -2.12. The van der Waals surface area contributed by atoms with Crippen molar-refractivity contribution < 1.29 is 23.8 Å². The van der Waals surface area contributed by atoms with Gasteiger partial charge < -0.3 is 19.0 Å². The predicted octanol–water partition coefficient (Wildman–Crippen LogP) is 2.90. The van der Waals surface area contributed by atoms with E-state index in [-0.39, 0.29) is 5.75 Å². The number of methoxy groups -OCH3 is 2. The molecule has 0 aliphatic carbocycles. The minimum absolute atomic E-state index is 0.289. The summed E-state index contributed by atoms with van der Waals surface area (Å²) in [7, 11) is 4.45. The first-order valence-corrected chi connectivity index (χ1v) is 6.79. The Labute approximate surface area is 134 Å². The number of carbonyl (C=O) groups is 1. The third-order valence-corrected chi connectivity index (χ3v) is 3.03. The average Bonchev–Trinajstić information content (AvgIpc) is 2.60. The lowest BCUT2D eigenvalue weighted by atomic mass is 10.2. The highest BCUT2D eigenvalue weighted by molar-refractivity contribution is 5.93. The molecule has 0 bridgehead atoms. The van der Waals surface area contributed by atoms with Crippen LogP contribution < -0.4 is 14.2 Å². The minimum Gasteiger partial charge on any atom is -0.493 e. The number of oxime groups is 1. The van der Waals surface area contributed by atoms with E-state index >= 15 is 0 Å². The Morgan fingerprint density at radius 3 is 2.22 bits per heavy atom. The van der Waals surface area contributed by atoms with E-state index in [1.807, 2.05) is 6.07 Å². The summed E-state index contributed by atoms with van der Waals surface area (Å²) in [5.74, 6) is 0.740. The molecule has 0 heterocycles. The molecule has 0 amide bonds. The van der Waals surface area contributed by atoms with Gasteiger partial charge in [-0.1, -0.05) is 23.4 Å². The molecule has 6 heteroatoms. The summed E-state index contributed by atoms with van der Waals surface area (Å²) in [6.07, 6.45) is 1.43. The summed E-state index contributed by atoms with van der Waals surface area (Å²) < 4.78 is 15.9. The highest BCUT2D eigenvalue weighted by atomic mass is 16.6. The molecular weight excluding hydrogens is 298 g/mol. The third kappa shape index (κ3) is 4.00. The number of rotatable bonds is 6. The largest absolute Gasteiger partial charge is 0.493 e. The summed E-state index contributed by atoms with van der Waals surface area (Å²) in [5.41, 5.74) is 0.964. The topological polar surface area (TPSA) is 66.3 Å². The van der Waals surface area contributed by atoms with E-state index in [1.54, 1.807) is 36.4 Å². The van der Waals surface area contributed by atoms with Crippen LogP contribution in [0.2, 0.25) is 0 Å². The third-order valence-electron chi connectivity index (χ3n) is 3.03. The maximum atomic E-state index is 12.2. The smallest absolute Gasteiger partial charge is 0.343 e. The second kappa shape index (κ2) is 7.84. The summed E-state index contributed by atoms with van der Waals surface area (Å²) in [6, 6.07) is 11.9. The van der Waals surface area contributed by atoms with Crippen molar-refractivity contribution in [3.63, 3.8) is 0 Å². The molecule has 0 aliphatic heterocycles. The van der Waals surface area contributed by atoms with Crippen LogP contribution in [0.3, 0.4) is 0 Å². The fourth-order valence-corrected chi connectivity index (χ4v) is 1.91. The molecule has 0 saturated carbocycles. The number of carbonyl (C=O) groups excluding carboxylic acids is 1. The van der Waals surface area contributed by atoms with E-state index in [0.29, 0.717) is 22.6 Å². The van der Waals surface area contributed by atoms with Crippen LogP contribution in [0.1, 0.15) is 15.9 Å². The molecule has 0 unspecified atom stereocenters. The zero-order valence-electron chi connectivity index (χ0n) is 13.1. The highest BCUT2D eigenvalue weighted by Crippen LogP contribution is 2.34. The van der Waals surface area contributed by atoms with E-state index in [4.69, 9.17) is 14.2 Å². The maximum absolute atomic E-state index is 12.2. The molecule has 2 rings (SSSR count). The van der Waals surface area contributed by atoms with Crippen LogP contribution in [0.5, 0.6) is 17.2 Å².